The van der Waals surface area contributed by atoms with E-state index in [1.54, 1.807) is 35.5 Å². The smallest absolute Gasteiger partial charge is 0.227 e. The van der Waals surface area contributed by atoms with Crippen LogP contribution in [0.3, 0.4) is 0 Å². The monoisotopic (exact) mass is 434 g/mol. The Kier molecular flexibility index (Phi) is 6.28. The Bertz CT molecular complexity index is 888. The maximum atomic E-state index is 13.1. The van der Waals surface area contributed by atoms with Gasteiger partial charge in [-0.25, -0.2) is 0 Å². The predicted octanol–water partition coefficient (Wildman–Crippen LogP) is 4.59. The highest BCUT2D eigenvalue weighted by Gasteiger charge is 2.35. The van der Waals surface area contributed by atoms with E-state index in [-0.39, 0.29) is 24.5 Å². The van der Waals surface area contributed by atoms with Crippen molar-refractivity contribution in [1.82, 2.24) is 9.88 Å². The number of aliphatic hydroxyl groups is 1. The van der Waals surface area contributed by atoms with Gasteiger partial charge in [0.1, 0.15) is 11.9 Å². The van der Waals surface area contributed by atoms with Gasteiger partial charge < -0.3 is 14.7 Å². The van der Waals surface area contributed by atoms with Crippen molar-refractivity contribution in [3.63, 3.8) is 0 Å². The van der Waals surface area contributed by atoms with Gasteiger partial charge in [0.25, 0.3) is 0 Å². The van der Waals surface area contributed by atoms with Gasteiger partial charge in [-0.15, -0.1) is 0 Å². The zero-order valence-corrected chi connectivity index (χ0v) is 17.6. The van der Waals surface area contributed by atoms with Crippen molar-refractivity contribution in [3.8, 4) is 5.75 Å². The second-order valence-corrected chi connectivity index (χ2v) is 8.57. The van der Waals surface area contributed by atoms with Crippen LogP contribution in [-0.4, -0.2) is 39.6 Å². The van der Waals surface area contributed by atoms with Gasteiger partial charge in [0, 0.05) is 24.5 Å². The number of likely N-dealkylation sites (tertiary alicyclic amines) is 1. The van der Waals surface area contributed by atoms with E-state index in [1.807, 2.05) is 6.07 Å². The predicted molar refractivity (Wildman–Crippen MR) is 112 cm³/mol. The summed E-state index contributed by atoms with van der Waals surface area (Å²) in [4.78, 5) is 19.0. The second-order valence-electron chi connectivity index (χ2n) is 7.75. The van der Waals surface area contributed by atoms with Crippen LogP contribution in [0, 0.1) is 0 Å². The van der Waals surface area contributed by atoms with Crippen LogP contribution in [0.1, 0.15) is 49.3 Å². The summed E-state index contributed by atoms with van der Waals surface area (Å²) in [6, 6.07) is 6.72. The first kappa shape index (κ1) is 20.5. The summed E-state index contributed by atoms with van der Waals surface area (Å²) in [7, 11) is 0. The molecule has 2 aliphatic rings. The fourth-order valence-electron chi connectivity index (χ4n) is 3.82. The molecule has 5 nitrogen and oxygen atoms in total. The van der Waals surface area contributed by atoms with Gasteiger partial charge in [-0.2, -0.15) is 0 Å². The fraction of sp³-hybridized carbons (Fsp3) is 0.455. The van der Waals surface area contributed by atoms with E-state index in [1.165, 1.54) is 0 Å². The number of carbonyl (C=O) groups is 1. The minimum atomic E-state index is -0.837. The molecule has 1 amide bonds. The number of pyridine rings is 1. The fourth-order valence-corrected chi connectivity index (χ4v) is 4.14. The van der Waals surface area contributed by atoms with E-state index >= 15 is 0 Å². The molecule has 0 bridgehead atoms. The van der Waals surface area contributed by atoms with Crippen molar-refractivity contribution in [1.29, 1.82) is 0 Å². The third kappa shape index (κ3) is 4.85. The molecule has 1 saturated carbocycles. The summed E-state index contributed by atoms with van der Waals surface area (Å²) >= 11 is 12.1. The van der Waals surface area contributed by atoms with E-state index in [0.717, 1.165) is 37.7 Å². The van der Waals surface area contributed by atoms with E-state index in [2.05, 4.69) is 4.98 Å². The molecular formula is C22H24Cl2N2O3. The van der Waals surface area contributed by atoms with Gasteiger partial charge in [0.05, 0.1) is 28.6 Å². The van der Waals surface area contributed by atoms with Crippen LogP contribution in [0.5, 0.6) is 5.75 Å². The molecule has 2 aromatic rings. The van der Waals surface area contributed by atoms with Crippen molar-refractivity contribution in [3.05, 3.63) is 57.8 Å². The molecule has 2 heterocycles. The molecule has 2 atom stereocenters. The van der Waals surface area contributed by atoms with Gasteiger partial charge in [0.15, 0.2) is 0 Å². The standard InChI is InChI=1S/C22H24Cl2N2O3/c23-17-7-4-14(11-18(17)24)12-21(27)26-10-2-1-3-19(26)22(28)16-13-25-9-8-20(16)29-15-5-6-15/h4,7-9,11,13,15,19,22,28H,1-3,5-6,10,12H2/t19-,22?/m0/s1. The second kappa shape index (κ2) is 8.90. The molecule has 4 rings (SSSR count). The normalized spacial score (nSPS) is 20.4. The molecule has 1 aromatic heterocycles. The number of benzene rings is 1. The van der Waals surface area contributed by atoms with Crippen LogP contribution in [0.4, 0.5) is 0 Å². The molecule has 1 saturated heterocycles. The molecule has 1 aromatic carbocycles. The largest absolute Gasteiger partial charge is 0.490 e. The molecule has 29 heavy (non-hydrogen) atoms. The number of piperidine rings is 1. The molecule has 1 aliphatic heterocycles. The van der Waals surface area contributed by atoms with Crippen LogP contribution < -0.4 is 4.74 Å². The van der Waals surface area contributed by atoms with E-state index in [9.17, 15) is 9.90 Å². The lowest BCUT2D eigenvalue weighted by molar-refractivity contribution is -0.137. The Balaban J connectivity index is 1.52. The number of hydrogen-bond donors (Lipinski definition) is 1. The van der Waals surface area contributed by atoms with Gasteiger partial charge in [-0.05, 0) is 55.9 Å². The average molecular weight is 435 g/mol. The molecular weight excluding hydrogens is 411 g/mol. The van der Waals surface area contributed by atoms with Crippen LogP contribution in [0.15, 0.2) is 36.7 Å². The number of amides is 1. The summed E-state index contributed by atoms with van der Waals surface area (Å²) in [5, 5.41) is 12.1. The topological polar surface area (TPSA) is 62.7 Å². The van der Waals surface area contributed by atoms with Gasteiger partial charge in [-0.1, -0.05) is 29.3 Å². The number of aromatic nitrogens is 1. The first-order valence-electron chi connectivity index (χ1n) is 10.0. The lowest BCUT2D eigenvalue weighted by Gasteiger charge is -2.39. The maximum absolute atomic E-state index is 13.1. The van der Waals surface area contributed by atoms with Gasteiger partial charge in [-0.3, -0.25) is 9.78 Å². The Morgan fingerprint density at radius 3 is 2.79 bits per heavy atom. The Labute approximate surface area is 180 Å². The highest BCUT2D eigenvalue weighted by atomic mass is 35.5. The average Bonchev–Trinajstić information content (AvgIpc) is 3.55. The van der Waals surface area contributed by atoms with E-state index in [4.69, 9.17) is 27.9 Å². The van der Waals surface area contributed by atoms with E-state index in [0.29, 0.717) is 27.9 Å². The van der Waals surface area contributed by atoms with Crippen molar-refractivity contribution in [2.45, 2.75) is 56.8 Å². The number of carbonyl (C=O) groups excluding carboxylic acids is 1. The lowest BCUT2D eigenvalue weighted by atomic mass is 9.92. The van der Waals surface area contributed by atoms with Crippen molar-refractivity contribution in [2.24, 2.45) is 0 Å². The minimum absolute atomic E-state index is 0.0271. The number of nitrogens with zero attached hydrogens (tertiary/aromatic N) is 2. The maximum Gasteiger partial charge on any atom is 0.227 e. The van der Waals surface area contributed by atoms with Gasteiger partial charge >= 0.3 is 0 Å². The number of hydrogen-bond acceptors (Lipinski definition) is 4. The number of halogens is 2. The van der Waals surface area contributed by atoms with Gasteiger partial charge in [0.2, 0.25) is 5.91 Å². The molecule has 2 fully saturated rings. The molecule has 0 radical (unpaired) electrons. The summed E-state index contributed by atoms with van der Waals surface area (Å²) < 4.78 is 5.95. The number of aliphatic hydroxyl groups excluding tert-OH is 1. The lowest BCUT2D eigenvalue weighted by Crippen LogP contribution is -2.47. The van der Waals surface area contributed by atoms with Crippen LogP contribution in [-0.2, 0) is 11.2 Å². The summed E-state index contributed by atoms with van der Waals surface area (Å²) in [5.74, 6) is 0.637. The van der Waals surface area contributed by atoms with Crippen molar-refractivity contribution >= 4 is 29.1 Å². The zero-order chi connectivity index (χ0) is 20.4. The SMILES string of the molecule is O=C(Cc1ccc(Cl)c(Cl)c1)N1CCCC[C@H]1C(O)c1cnccc1OC1CC1. The quantitative estimate of drug-likeness (QED) is 0.721. The highest BCUT2D eigenvalue weighted by molar-refractivity contribution is 6.42. The summed E-state index contributed by atoms with van der Waals surface area (Å²) in [5.41, 5.74) is 1.46. The molecule has 0 spiro atoms. The van der Waals surface area contributed by atoms with Crippen molar-refractivity contribution in [2.75, 3.05) is 6.54 Å². The molecule has 7 heteroatoms. The zero-order valence-electron chi connectivity index (χ0n) is 16.1. The van der Waals surface area contributed by atoms with Crippen LogP contribution >= 0.6 is 23.2 Å². The van der Waals surface area contributed by atoms with Crippen LogP contribution in [0.25, 0.3) is 0 Å². The first-order valence-corrected chi connectivity index (χ1v) is 10.8. The van der Waals surface area contributed by atoms with E-state index < -0.39 is 6.10 Å². The summed E-state index contributed by atoms with van der Waals surface area (Å²) in [6.07, 6.45) is 7.64. The molecule has 1 unspecified atom stereocenters. The number of rotatable bonds is 6. The summed E-state index contributed by atoms with van der Waals surface area (Å²) in [6.45, 7) is 0.626. The minimum Gasteiger partial charge on any atom is -0.490 e. The molecule has 154 valence electrons. The molecule has 1 aliphatic carbocycles. The Hall–Kier alpha value is -1.82. The Morgan fingerprint density at radius 1 is 1.21 bits per heavy atom. The highest BCUT2D eigenvalue weighted by Crippen LogP contribution is 2.36. The number of ether oxygens (including phenoxy) is 1. The third-order valence-electron chi connectivity index (χ3n) is 5.52. The van der Waals surface area contributed by atoms with Crippen LogP contribution in [0.2, 0.25) is 10.0 Å². The molecule has 1 N–H and O–H groups in total. The first-order chi connectivity index (χ1) is 14.0. The third-order valence-corrected chi connectivity index (χ3v) is 6.26. The van der Waals surface area contributed by atoms with Crippen molar-refractivity contribution < 1.29 is 14.6 Å². The Morgan fingerprint density at radius 2 is 2.03 bits per heavy atom.